The first-order valence-corrected chi connectivity index (χ1v) is 6.92. The van der Waals surface area contributed by atoms with Crippen molar-refractivity contribution < 1.29 is 5.11 Å². The molecule has 1 N–H and O–H groups in total. The van der Waals surface area contributed by atoms with Crippen LogP contribution in [0.25, 0.3) is 0 Å². The fraction of sp³-hybridized carbons (Fsp3) is 1.00. The Hall–Kier alpha value is -0.0800. The van der Waals surface area contributed by atoms with Crippen LogP contribution in [0.1, 0.15) is 53.4 Å². The zero-order valence-corrected chi connectivity index (χ0v) is 11.4. The second kappa shape index (κ2) is 6.61. The summed E-state index contributed by atoms with van der Waals surface area (Å²) in [6.45, 7) is 10.7. The summed E-state index contributed by atoms with van der Waals surface area (Å²) in [4.78, 5) is 2.53. The number of aliphatic hydroxyl groups is 1. The first-order valence-electron chi connectivity index (χ1n) is 6.92. The lowest BCUT2D eigenvalue weighted by Gasteiger charge is -2.33. The Kier molecular flexibility index (Phi) is 5.77. The summed E-state index contributed by atoms with van der Waals surface area (Å²) < 4.78 is 0. The molecule has 1 fully saturated rings. The summed E-state index contributed by atoms with van der Waals surface area (Å²) in [5, 5.41) is 10.0. The molecule has 2 heteroatoms. The highest BCUT2D eigenvalue weighted by molar-refractivity contribution is 4.80. The normalized spacial score (nSPS) is 20.2. The molecular weight excluding hydrogens is 198 g/mol. The topological polar surface area (TPSA) is 23.5 Å². The van der Waals surface area contributed by atoms with Gasteiger partial charge in [0.1, 0.15) is 0 Å². The van der Waals surface area contributed by atoms with E-state index in [1.165, 1.54) is 25.7 Å². The van der Waals surface area contributed by atoms with Crippen LogP contribution in [0, 0.1) is 11.8 Å². The molecule has 0 radical (unpaired) electrons. The van der Waals surface area contributed by atoms with Crippen LogP contribution < -0.4 is 0 Å². The van der Waals surface area contributed by atoms with E-state index in [2.05, 4.69) is 32.6 Å². The first-order chi connectivity index (χ1) is 7.50. The summed E-state index contributed by atoms with van der Waals surface area (Å²) in [5.74, 6) is 1.07. The van der Waals surface area contributed by atoms with Crippen LogP contribution in [0.4, 0.5) is 0 Å². The molecule has 0 amide bonds. The molecule has 1 aliphatic rings. The van der Waals surface area contributed by atoms with E-state index in [1.807, 2.05) is 0 Å². The zero-order chi connectivity index (χ0) is 12.1. The van der Waals surface area contributed by atoms with Gasteiger partial charge in [-0.1, -0.05) is 40.5 Å². The minimum absolute atomic E-state index is 0.167. The quantitative estimate of drug-likeness (QED) is 0.754. The van der Waals surface area contributed by atoms with Crippen molar-refractivity contribution in [1.29, 1.82) is 0 Å². The summed E-state index contributed by atoms with van der Waals surface area (Å²) in [6, 6.07) is 0.732. The van der Waals surface area contributed by atoms with Gasteiger partial charge in [0.25, 0.3) is 0 Å². The number of rotatable bonds is 6. The molecule has 96 valence electrons. The SMILES string of the molecule is CC(C)CN(CC(O)C(C)C)C1CCCC1. The summed E-state index contributed by atoms with van der Waals surface area (Å²) in [6.07, 6.45) is 5.24. The van der Waals surface area contributed by atoms with E-state index in [0.717, 1.165) is 19.1 Å². The molecule has 0 spiro atoms. The second-order valence-corrected chi connectivity index (χ2v) is 6.10. The maximum absolute atomic E-state index is 10.0. The molecule has 1 unspecified atom stereocenters. The third kappa shape index (κ3) is 4.42. The monoisotopic (exact) mass is 227 g/mol. The van der Waals surface area contributed by atoms with Crippen molar-refractivity contribution in [3.8, 4) is 0 Å². The van der Waals surface area contributed by atoms with Crippen molar-refractivity contribution in [2.75, 3.05) is 13.1 Å². The molecule has 0 bridgehead atoms. The molecule has 1 rings (SSSR count). The van der Waals surface area contributed by atoms with Gasteiger partial charge in [0.05, 0.1) is 6.10 Å². The van der Waals surface area contributed by atoms with Crippen LogP contribution in [-0.2, 0) is 0 Å². The third-order valence-corrected chi connectivity index (χ3v) is 3.63. The van der Waals surface area contributed by atoms with E-state index >= 15 is 0 Å². The molecule has 0 aromatic rings. The van der Waals surface area contributed by atoms with Gasteiger partial charge in [-0.25, -0.2) is 0 Å². The van der Waals surface area contributed by atoms with Crippen LogP contribution in [0.5, 0.6) is 0 Å². The minimum Gasteiger partial charge on any atom is -0.392 e. The standard InChI is InChI=1S/C14H29NO/c1-11(2)9-15(10-14(16)12(3)4)13-7-5-6-8-13/h11-14,16H,5-10H2,1-4H3. The predicted molar refractivity (Wildman–Crippen MR) is 69.5 cm³/mol. The highest BCUT2D eigenvalue weighted by Gasteiger charge is 2.25. The highest BCUT2D eigenvalue weighted by atomic mass is 16.3. The minimum atomic E-state index is -0.167. The molecular formula is C14H29NO. The molecule has 0 saturated heterocycles. The molecule has 1 atom stereocenters. The summed E-state index contributed by atoms with van der Waals surface area (Å²) in [5.41, 5.74) is 0. The van der Waals surface area contributed by atoms with Crippen molar-refractivity contribution in [3.63, 3.8) is 0 Å². The zero-order valence-electron chi connectivity index (χ0n) is 11.4. The van der Waals surface area contributed by atoms with E-state index in [9.17, 15) is 5.11 Å². The Labute approximate surface area is 101 Å². The Morgan fingerprint density at radius 3 is 2.06 bits per heavy atom. The van der Waals surface area contributed by atoms with Crippen molar-refractivity contribution in [2.24, 2.45) is 11.8 Å². The van der Waals surface area contributed by atoms with Gasteiger partial charge in [-0.3, -0.25) is 4.90 Å². The van der Waals surface area contributed by atoms with Gasteiger partial charge in [-0.2, -0.15) is 0 Å². The van der Waals surface area contributed by atoms with E-state index in [1.54, 1.807) is 0 Å². The Morgan fingerprint density at radius 2 is 1.62 bits per heavy atom. The maximum Gasteiger partial charge on any atom is 0.0690 e. The van der Waals surface area contributed by atoms with Crippen molar-refractivity contribution in [1.82, 2.24) is 4.90 Å². The van der Waals surface area contributed by atoms with Gasteiger partial charge in [-0.05, 0) is 24.7 Å². The molecule has 0 aliphatic heterocycles. The van der Waals surface area contributed by atoms with Crippen molar-refractivity contribution in [2.45, 2.75) is 65.5 Å². The van der Waals surface area contributed by atoms with Crippen molar-refractivity contribution >= 4 is 0 Å². The number of aliphatic hydroxyl groups excluding tert-OH is 1. The lowest BCUT2D eigenvalue weighted by Crippen LogP contribution is -2.42. The van der Waals surface area contributed by atoms with E-state index in [-0.39, 0.29) is 6.10 Å². The summed E-state index contributed by atoms with van der Waals surface area (Å²) >= 11 is 0. The van der Waals surface area contributed by atoms with Gasteiger partial charge < -0.3 is 5.11 Å². The Morgan fingerprint density at radius 1 is 1.06 bits per heavy atom. The van der Waals surface area contributed by atoms with E-state index < -0.39 is 0 Å². The smallest absolute Gasteiger partial charge is 0.0690 e. The molecule has 1 saturated carbocycles. The Balaban J connectivity index is 2.49. The van der Waals surface area contributed by atoms with Crippen LogP contribution in [0.15, 0.2) is 0 Å². The van der Waals surface area contributed by atoms with Crippen LogP contribution in [0.2, 0.25) is 0 Å². The van der Waals surface area contributed by atoms with Gasteiger partial charge >= 0.3 is 0 Å². The highest BCUT2D eigenvalue weighted by Crippen LogP contribution is 2.24. The van der Waals surface area contributed by atoms with Gasteiger partial charge in [0.2, 0.25) is 0 Å². The number of hydrogen-bond donors (Lipinski definition) is 1. The number of hydrogen-bond acceptors (Lipinski definition) is 2. The molecule has 16 heavy (non-hydrogen) atoms. The molecule has 0 aromatic heterocycles. The molecule has 0 heterocycles. The fourth-order valence-corrected chi connectivity index (χ4v) is 2.56. The van der Waals surface area contributed by atoms with E-state index in [4.69, 9.17) is 0 Å². The molecule has 1 aliphatic carbocycles. The maximum atomic E-state index is 10.0. The van der Waals surface area contributed by atoms with E-state index in [0.29, 0.717) is 11.8 Å². The fourth-order valence-electron chi connectivity index (χ4n) is 2.56. The lowest BCUT2D eigenvalue weighted by atomic mass is 10.0. The second-order valence-electron chi connectivity index (χ2n) is 6.10. The van der Waals surface area contributed by atoms with Crippen LogP contribution >= 0.6 is 0 Å². The van der Waals surface area contributed by atoms with Gasteiger partial charge in [0.15, 0.2) is 0 Å². The Bertz CT molecular complexity index is 185. The molecule has 0 aromatic carbocycles. The first kappa shape index (κ1) is 14.0. The average Bonchev–Trinajstić information content (AvgIpc) is 2.68. The summed E-state index contributed by atoms with van der Waals surface area (Å²) in [7, 11) is 0. The third-order valence-electron chi connectivity index (χ3n) is 3.63. The van der Waals surface area contributed by atoms with Crippen LogP contribution in [0.3, 0.4) is 0 Å². The number of nitrogens with zero attached hydrogens (tertiary/aromatic N) is 1. The lowest BCUT2D eigenvalue weighted by molar-refractivity contribution is 0.0521. The van der Waals surface area contributed by atoms with Crippen LogP contribution in [-0.4, -0.2) is 35.2 Å². The van der Waals surface area contributed by atoms with Gasteiger partial charge in [-0.15, -0.1) is 0 Å². The van der Waals surface area contributed by atoms with Gasteiger partial charge in [0, 0.05) is 19.1 Å². The predicted octanol–water partition coefficient (Wildman–Crippen LogP) is 2.90. The van der Waals surface area contributed by atoms with Crippen molar-refractivity contribution in [3.05, 3.63) is 0 Å². The average molecular weight is 227 g/mol. The largest absolute Gasteiger partial charge is 0.392 e. The molecule has 2 nitrogen and oxygen atoms in total.